The molecule has 2 N–H and O–H groups in total. The summed E-state index contributed by atoms with van der Waals surface area (Å²) in [4.78, 5) is 12.0. The number of alkyl halides is 2. The molecule has 1 saturated heterocycles. The van der Waals surface area contributed by atoms with E-state index in [2.05, 4.69) is 26.9 Å². The van der Waals surface area contributed by atoms with E-state index in [9.17, 15) is 13.6 Å². The summed E-state index contributed by atoms with van der Waals surface area (Å²) in [7, 11) is 0. The van der Waals surface area contributed by atoms with Crippen molar-refractivity contribution in [2.45, 2.75) is 32.2 Å². The van der Waals surface area contributed by atoms with Gasteiger partial charge in [0, 0.05) is 12.0 Å². The van der Waals surface area contributed by atoms with E-state index in [1.54, 1.807) is 0 Å². The maximum Gasteiger partial charge on any atom is 0.262 e. The average molecular weight is 375 g/mol. The highest BCUT2D eigenvalue weighted by atomic mass is 35.5. The fourth-order valence-electron chi connectivity index (χ4n) is 2.58. The Bertz CT molecular complexity index is 733. The van der Waals surface area contributed by atoms with Crippen LogP contribution in [-0.4, -0.2) is 34.6 Å². The predicted molar refractivity (Wildman–Crippen MR) is 92.1 cm³/mol. The van der Waals surface area contributed by atoms with Crippen molar-refractivity contribution in [3.63, 3.8) is 0 Å². The molecule has 0 spiro atoms. The standard InChI is InChI=1S/C15H16F2N4OS.ClH/c1-8-3-9(2)5-10(4-8)13-20-21-14(23-13)19-12(22)11-6-15(16,17)7-18-11;/h3-5,11,18H,6-7H2,1-2H3,(H,19,21,22);1H. The molecule has 0 bridgehead atoms. The predicted octanol–water partition coefficient (Wildman–Crippen LogP) is 3.18. The van der Waals surface area contributed by atoms with Gasteiger partial charge in [-0.3, -0.25) is 15.4 Å². The molecule has 1 amide bonds. The van der Waals surface area contributed by atoms with Gasteiger partial charge in [-0.15, -0.1) is 22.6 Å². The van der Waals surface area contributed by atoms with Gasteiger partial charge < -0.3 is 0 Å². The summed E-state index contributed by atoms with van der Waals surface area (Å²) in [6.07, 6.45) is -0.498. The lowest BCUT2D eigenvalue weighted by atomic mass is 10.1. The van der Waals surface area contributed by atoms with E-state index < -0.39 is 30.8 Å². The number of halogens is 3. The molecule has 3 rings (SSSR count). The zero-order chi connectivity index (χ0) is 16.6. The highest BCUT2D eigenvalue weighted by Crippen LogP contribution is 2.29. The lowest BCUT2D eigenvalue weighted by molar-refractivity contribution is -0.118. The fraction of sp³-hybridized carbons (Fsp3) is 0.400. The van der Waals surface area contributed by atoms with Crippen molar-refractivity contribution >= 4 is 34.8 Å². The normalized spacial score (nSPS) is 18.9. The number of aryl methyl sites for hydroxylation is 2. The van der Waals surface area contributed by atoms with Crippen LogP contribution in [0.1, 0.15) is 17.5 Å². The summed E-state index contributed by atoms with van der Waals surface area (Å²) in [5.74, 6) is -3.35. The fourth-order valence-corrected chi connectivity index (χ4v) is 3.32. The zero-order valence-corrected chi connectivity index (χ0v) is 14.7. The van der Waals surface area contributed by atoms with Gasteiger partial charge in [0.05, 0.1) is 12.6 Å². The number of aromatic nitrogens is 2. The largest absolute Gasteiger partial charge is 0.300 e. The van der Waals surface area contributed by atoms with E-state index in [0.717, 1.165) is 16.7 Å². The first kappa shape index (κ1) is 18.7. The van der Waals surface area contributed by atoms with Crippen LogP contribution in [0.2, 0.25) is 0 Å². The quantitative estimate of drug-likeness (QED) is 0.866. The van der Waals surface area contributed by atoms with Crippen molar-refractivity contribution in [1.82, 2.24) is 15.5 Å². The number of anilines is 1. The molecule has 1 aromatic carbocycles. The van der Waals surface area contributed by atoms with Crippen LogP contribution in [0.25, 0.3) is 10.6 Å². The third kappa shape index (κ3) is 4.25. The summed E-state index contributed by atoms with van der Waals surface area (Å²) in [5, 5.41) is 14.0. The Morgan fingerprint density at radius 1 is 1.29 bits per heavy atom. The summed E-state index contributed by atoms with van der Waals surface area (Å²) < 4.78 is 26.3. The first-order valence-electron chi connectivity index (χ1n) is 7.17. The van der Waals surface area contributed by atoms with Crippen molar-refractivity contribution in [2.75, 3.05) is 11.9 Å². The monoisotopic (exact) mass is 374 g/mol. The molecule has 0 aliphatic carbocycles. The van der Waals surface area contributed by atoms with E-state index in [-0.39, 0.29) is 12.4 Å². The first-order chi connectivity index (χ1) is 10.8. The Morgan fingerprint density at radius 2 is 1.96 bits per heavy atom. The minimum atomic E-state index is -2.84. The van der Waals surface area contributed by atoms with Crippen molar-refractivity contribution in [3.05, 3.63) is 29.3 Å². The molecule has 130 valence electrons. The third-order valence-electron chi connectivity index (χ3n) is 3.55. The minimum Gasteiger partial charge on any atom is -0.300 e. The molecule has 0 saturated carbocycles. The summed E-state index contributed by atoms with van der Waals surface area (Å²) in [6.45, 7) is 3.51. The number of rotatable bonds is 3. The molecule has 9 heteroatoms. The number of nitrogens with zero attached hydrogens (tertiary/aromatic N) is 2. The van der Waals surface area contributed by atoms with Crippen LogP contribution in [0.4, 0.5) is 13.9 Å². The Balaban J connectivity index is 0.00000208. The number of amides is 1. The number of hydrogen-bond acceptors (Lipinski definition) is 5. The molecule has 1 unspecified atom stereocenters. The molecule has 0 radical (unpaired) electrons. The summed E-state index contributed by atoms with van der Waals surface area (Å²) in [5.41, 5.74) is 3.14. The number of carbonyl (C=O) groups excluding carboxylic acids is 1. The minimum absolute atomic E-state index is 0. The van der Waals surface area contributed by atoms with E-state index in [1.165, 1.54) is 11.3 Å². The molecule has 24 heavy (non-hydrogen) atoms. The molecular formula is C15H17ClF2N4OS. The number of hydrogen-bond donors (Lipinski definition) is 2. The zero-order valence-electron chi connectivity index (χ0n) is 13.1. The second kappa shape index (κ2) is 7.08. The maximum atomic E-state index is 13.1. The number of carbonyl (C=O) groups is 1. The van der Waals surface area contributed by atoms with E-state index in [4.69, 9.17) is 0 Å². The molecule has 1 fully saturated rings. The van der Waals surface area contributed by atoms with Crippen LogP contribution < -0.4 is 10.6 Å². The average Bonchev–Trinajstić information content (AvgIpc) is 3.04. The smallest absolute Gasteiger partial charge is 0.262 e. The van der Waals surface area contributed by atoms with Crippen LogP contribution in [0.15, 0.2) is 18.2 Å². The van der Waals surface area contributed by atoms with Crippen LogP contribution in [-0.2, 0) is 4.79 Å². The Morgan fingerprint density at radius 3 is 2.54 bits per heavy atom. The third-order valence-corrected chi connectivity index (χ3v) is 4.44. The number of benzene rings is 1. The molecule has 2 heterocycles. The topological polar surface area (TPSA) is 66.9 Å². The van der Waals surface area contributed by atoms with Gasteiger partial charge in [0.1, 0.15) is 5.01 Å². The van der Waals surface area contributed by atoms with Crippen LogP contribution in [0.3, 0.4) is 0 Å². The number of nitrogens with one attached hydrogen (secondary N) is 2. The summed E-state index contributed by atoms with van der Waals surface area (Å²) >= 11 is 1.22. The van der Waals surface area contributed by atoms with Gasteiger partial charge in [-0.25, -0.2) is 8.78 Å². The Labute approximate surface area is 148 Å². The lowest BCUT2D eigenvalue weighted by Crippen LogP contribution is -2.35. The first-order valence-corrected chi connectivity index (χ1v) is 7.98. The van der Waals surface area contributed by atoms with Crippen LogP contribution >= 0.6 is 23.7 Å². The van der Waals surface area contributed by atoms with Crippen molar-refractivity contribution in [1.29, 1.82) is 0 Å². The van der Waals surface area contributed by atoms with Gasteiger partial charge in [-0.2, -0.15) is 0 Å². The van der Waals surface area contributed by atoms with E-state index >= 15 is 0 Å². The summed E-state index contributed by atoms with van der Waals surface area (Å²) in [6, 6.07) is 5.12. The van der Waals surface area contributed by atoms with Gasteiger partial charge in [-0.05, 0) is 26.0 Å². The van der Waals surface area contributed by atoms with Gasteiger partial charge in [0.15, 0.2) is 0 Å². The van der Waals surface area contributed by atoms with Gasteiger partial charge in [0.25, 0.3) is 5.92 Å². The van der Waals surface area contributed by atoms with Crippen molar-refractivity contribution in [2.24, 2.45) is 0 Å². The molecule has 1 aliphatic heterocycles. The molecule has 2 aromatic rings. The highest BCUT2D eigenvalue weighted by molar-refractivity contribution is 7.18. The van der Waals surface area contributed by atoms with E-state index in [0.29, 0.717) is 10.1 Å². The Kier molecular flexibility index (Phi) is 5.52. The van der Waals surface area contributed by atoms with E-state index in [1.807, 2.05) is 26.0 Å². The second-order valence-electron chi connectivity index (χ2n) is 5.77. The van der Waals surface area contributed by atoms with Crippen molar-refractivity contribution < 1.29 is 13.6 Å². The lowest BCUT2D eigenvalue weighted by Gasteiger charge is -2.08. The molecule has 1 atom stereocenters. The van der Waals surface area contributed by atoms with Crippen molar-refractivity contribution in [3.8, 4) is 10.6 Å². The second-order valence-corrected chi connectivity index (χ2v) is 6.75. The van der Waals surface area contributed by atoms with Gasteiger partial charge in [0.2, 0.25) is 11.0 Å². The molecular weight excluding hydrogens is 358 g/mol. The maximum absolute atomic E-state index is 13.1. The Hall–Kier alpha value is -1.64. The molecule has 1 aromatic heterocycles. The van der Waals surface area contributed by atoms with Gasteiger partial charge >= 0.3 is 0 Å². The molecule has 5 nitrogen and oxygen atoms in total. The van der Waals surface area contributed by atoms with Gasteiger partial charge in [-0.1, -0.05) is 28.5 Å². The SMILES string of the molecule is Cc1cc(C)cc(-c2nnc(NC(=O)C3CC(F)(F)CN3)s2)c1.Cl. The van der Waals surface area contributed by atoms with Crippen LogP contribution in [0, 0.1) is 13.8 Å². The van der Waals surface area contributed by atoms with Crippen LogP contribution in [0.5, 0.6) is 0 Å². The molecule has 1 aliphatic rings. The highest BCUT2D eigenvalue weighted by Gasteiger charge is 2.42.